The third kappa shape index (κ3) is 4.38. The number of nitrogens with zero attached hydrogens (tertiary/aromatic N) is 2. The smallest absolute Gasteiger partial charge is 0.243 e. The first kappa shape index (κ1) is 20.5. The molecule has 0 saturated carbocycles. The highest BCUT2D eigenvalue weighted by Gasteiger charge is 2.36. The van der Waals surface area contributed by atoms with Crippen LogP contribution in [0, 0.1) is 11.7 Å². The van der Waals surface area contributed by atoms with Crippen LogP contribution in [0.5, 0.6) is 0 Å². The monoisotopic (exact) mass is 409 g/mol. The highest BCUT2D eigenvalue weighted by atomic mass is 19.1. The summed E-state index contributed by atoms with van der Waals surface area (Å²) in [4.78, 5) is 28.9. The molecule has 1 unspecified atom stereocenters. The minimum Gasteiger partial charge on any atom is -0.354 e. The number of piperidine rings is 1. The zero-order valence-electron chi connectivity index (χ0n) is 17.3. The fraction of sp³-hybridized carbons (Fsp3) is 0.417. The van der Waals surface area contributed by atoms with Gasteiger partial charge >= 0.3 is 0 Å². The van der Waals surface area contributed by atoms with Gasteiger partial charge in [-0.3, -0.25) is 19.4 Å². The van der Waals surface area contributed by atoms with Crippen LogP contribution in [0.4, 0.5) is 10.1 Å². The van der Waals surface area contributed by atoms with Gasteiger partial charge in [0.1, 0.15) is 11.9 Å². The van der Waals surface area contributed by atoms with E-state index in [0.29, 0.717) is 25.4 Å². The van der Waals surface area contributed by atoms with Gasteiger partial charge in [0.05, 0.1) is 0 Å². The number of hydrogen-bond acceptors (Lipinski definition) is 3. The molecule has 2 aromatic carbocycles. The predicted molar refractivity (Wildman–Crippen MR) is 115 cm³/mol. The number of hydrogen-bond donors (Lipinski definition) is 1. The van der Waals surface area contributed by atoms with Gasteiger partial charge in [-0.2, -0.15) is 0 Å². The van der Waals surface area contributed by atoms with E-state index >= 15 is 0 Å². The van der Waals surface area contributed by atoms with Crippen molar-refractivity contribution in [2.45, 2.75) is 38.8 Å². The molecule has 2 heterocycles. The number of carbonyl (C=O) groups is 2. The number of anilines is 1. The highest BCUT2D eigenvalue weighted by molar-refractivity contribution is 6.02. The van der Waals surface area contributed by atoms with Crippen LogP contribution >= 0.6 is 0 Å². The second-order valence-corrected chi connectivity index (χ2v) is 8.29. The average Bonchev–Trinajstić information content (AvgIpc) is 3.15. The first-order chi connectivity index (χ1) is 14.5. The number of nitrogens with one attached hydrogen (secondary N) is 1. The molecule has 1 N–H and O–H groups in total. The maximum atomic E-state index is 13.9. The molecule has 2 amide bonds. The number of benzene rings is 2. The van der Waals surface area contributed by atoms with Gasteiger partial charge in [-0.25, -0.2) is 4.39 Å². The molecule has 2 aliphatic heterocycles. The van der Waals surface area contributed by atoms with Crippen LogP contribution in [0.2, 0.25) is 0 Å². The van der Waals surface area contributed by atoms with Crippen molar-refractivity contribution in [2.24, 2.45) is 5.92 Å². The maximum absolute atomic E-state index is 13.9. The summed E-state index contributed by atoms with van der Waals surface area (Å²) in [6.07, 6.45) is 2.49. The Balaban J connectivity index is 1.27. The van der Waals surface area contributed by atoms with Gasteiger partial charge in [0.2, 0.25) is 11.8 Å². The molecule has 4 rings (SSSR count). The third-order valence-electron chi connectivity index (χ3n) is 6.24. The molecule has 0 aliphatic carbocycles. The fourth-order valence-electron chi connectivity index (χ4n) is 4.56. The molecule has 0 aromatic heterocycles. The molecular weight excluding hydrogens is 381 g/mol. The molecule has 30 heavy (non-hydrogen) atoms. The number of rotatable bonds is 5. The third-order valence-corrected chi connectivity index (χ3v) is 6.24. The van der Waals surface area contributed by atoms with Gasteiger partial charge in [0, 0.05) is 37.7 Å². The molecule has 1 atom stereocenters. The maximum Gasteiger partial charge on any atom is 0.243 e. The van der Waals surface area contributed by atoms with Crippen molar-refractivity contribution in [3.05, 3.63) is 65.5 Å². The van der Waals surface area contributed by atoms with Gasteiger partial charge in [0.15, 0.2) is 0 Å². The van der Waals surface area contributed by atoms with E-state index in [1.54, 1.807) is 11.0 Å². The molecule has 1 saturated heterocycles. The Bertz CT molecular complexity index is 924. The van der Waals surface area contributed by atoms with Crippen molar-refractivity contribution in [3.8, 4) is 0 Å². The summed E-state index contributed by atoms with van der Waals surface area (Å²) < 4.78 is 13.9. The van der Waals surface area contributed by atoms with Gasteiger partial charge in [-0.05, 0) is 49.5 Å². The van der Waals surface area contributed by atoms with E-state index in [2.05, 4.69) is 10.2 Å². The first-order valence-corrected chi connectivity index (χ1v) is 10.6. The van der Waals surface area contributed by atoms with E-state index in [1.807, 2.05) is 36.4 Å². The van der Waals surface area contributed by atoms with Crippen LogP contribution in [0.3, 0.4) is 0 Å². The highest BCUT2D eigenvalue weighted by Crippen LogP contribution is 2.32. The second-order valence-electron chi connectivity index (χ2n) is 8.29. The molecule has 1 fully saturated rings. The normalized spacial score (nSPS) is 19.5. The lowest BCUT2D eigenvalue weighted by atomic mass is 9.96. The molecule has 2 aromatic rings. The van der Waals surface area contributed by atoms with E-state index in [1.165, 1.54) is 13.0 Å². The number of carbonyl (C=O) groups excluding carboxylic acids is 2. The summed E-state index contributed by atoms with van der Waals surface area (Å²) in [5, 5.41) is 3.08. The standard InChI is InChI=1S/C24H28FN3O2/c1-17(29)28-22-9-5-3-6-19(22)14-23(28)24(30)26-15-18-10-12-27(13-11-18)16-20-7-2-4-8-21(20)25/h2-9,18,23H,10-16H2,1H3,(H,26,30). The van der Waals surface area contributed by atoms with E-state index < -0.39 is 6.04 Å². The Hall–Kier alpha value is -2.73. The Morgan fingerprint density at radius 3 is 2.50 bits per heavy atom. The number of likely N-dealkylation sites (tertiary alicyclic amines) is 1. The lowest BCUT2D eigenvalue weighted by molar-refractivity contribution is -0.125. The van der Waals surface area contributed by atoms with Crippen LogP contribution in [0.1, 0.15) is 30.9 Å². The lowest BCUT2D eigenvalue weighted by Crippen LogP contribution is -2.49. The SMILES string of the molecule is CC(=O)N1c2ccccc2CC1C(=O)NCC1CCN(Cc2ccccc2F)CC1. The van der Waals surface area contributed by atoms with E-state index in [0.717, 1.165) is 42.7 Å². The Morgan fingerprint density at radius 2 is 1.77 bits per heavy atom. The molecule has 0 radical (unpaired) electrons. The number of fused-ring (bicyclic) bond motifs is 1. The number of halogens is 1. The summed E-state index contributed by atoms with van der Waals surface area (Å²) in [5.74, 6) is 0.0524. The van der Waals surface area contributed by atoms with Gasteiger partial charge < -0.3 is 5.32 Å². The van der Waals surface area contributed by atoms with E-state index in [-0.39, 0.29) is 17.6 Å². The van der Waals surface area contributed by atoms with E-state index in [4.69, 9.17) is 0 Å². The van der Waals surface area contributed by atoms with Crippen LogP contribution in [-0.4, -0.2) is 42.4 Å². The zero-order chi connectivity index (χ0) is 21.1. The molecule has 0 spiro atoms. The lowest BCUT2D eigenvalue weighted by Gasteiger charge is -2.32. The van der Waals surface area contributed by atoms with Crippen molar-refractivity contribution in [1.82, 2.24) is 10.2 Å². The van der Waals surface area contributed by atoms with Crippen molar-refractivity contribution in [1.29, 1.82) is 0 Å². The first-order valence-electron chi connectivity index (χ1n) is 10.6. The summed E-state index contributed by atoms with van der Waals surface area (Å²) in [5.41, 5.74) is 2.61. The molecule has 6 heteroatoms. The van der Waals surface area contributed by atoms with Crippen molar-refractivity contribution in [2.75, 3.05) is 24.5 Å². The Kier molecular flexibility index (Phi) is 6.13. The summed E-state index contributed by atoms with van der Waals surface area (Å²) in [7, 11) is 0. The Morgan fingerprint density at radius 1 is 1.07 bits per heavy atom. The molecule has 5 nitrogen and oxygen atoms in total. The molecule has 158 valence electrons. The van der Waals surface area contributed by atoms with Crippen molar-refractivity contribution in [3.63, 3.8) is 0 Å². The summed E-state index contributed by atoms with van der Waals surface area (Å²) >= 11 is 0. The largest absolute Gasteiger partial charge is 0.354 e. The van der Waals surface area contributed by atoms with Crippen molar-refractivity contribution >= 4 is 17.5 Å². The minimum absolute atomic E-state index is 0.0878. The van der Waals surface area contributed by atoms with Gasteiger partial charge in [-0.1, -0.05) is 36.4 Å². The zero-order valence-corrected chi connectivity index (χ0v) is 17.3. The van der Waals surface area contributed by atoms with Gasteiger partial charge in [-0.15, -0.1) is 0 Å². The number of para-hydroxylation sites is 1. The number of amides is 2. The summed E-state index contributed by atoms with van der Waals surface area (Å²) in [6, 6.07) is 14.2. The van der Waals surface area contributed by atoms with Crippen LogP contribution in [0.25, 0.3) is 0 Å². The Labute approximate surface area is 176 Å². The molecular formula is C24H28FN3O2. The van der Waals surface area contributed by atoms with Crippen LogP contribution < -0.4 is 10.2 Å². The molecule has 2 aliphatic rings. The van der Waals surface area contributed by atoms with E-state index in [9.17, 15) is 14.0 Å². The fourth-order valence-corrected chi connectivity index (χ4v) is 4.56. The van der Waals surface area contributed by atoms with Crippen LogP contribution in [0.15, 0.2) is 48.5 Å². The average molecular weight is 410 g/mol. The van der Waals surface area contributed by atoms with Crippen molar-refractivity contribution < 1.29 is 14.0 Å². The predicted octanol–water partition coefficient (Wildman–Crippen LogP) is 3.13. The molecule has 0 bridgehead atoms. The second kappa shape index (κ2) is 8.96. The van der Waals surface area contributed by atoms with Gasteiger partial charge in [0.25, 0.3) is 0 Å². The topological polar surface area (TPSA) is 52.7 Å². The minimum atomic E-state index is -0.471. The van der Waals surface area contributed by atoms with Crippen LogP contribution in [-0.2, 0) is 22.6 Å². The quantitative estimate of drug-likeness (QED) is 0.826. The summed E-state index contributed by atoms with van der Waals surface area (Å²) in [6.45, 7) is 4.53.